The quantitative estimate of drug-likeness (QED) is 0.732. The highest BCUT2D eigenvalue weighted by atomic mass is 16.5. The van der Waals surface area contributed by atoms with Crippen LogP contribution in [-0.4, -0.2) is 35.6 Å². The van der Waals surface area contributed by atoms with Crippen LogP contribution in [0.5, 0.6) is 0 Å². The topological polar surface area (TPSA) is 49.7 Å². The van der Waals surface area contributed by atoms with E-state index in [2.05, 4.69) is 26.8 Å². The first-order valence-electron chi connectivity index (χ1n) is 11.0. The van der Waals surface area contributed by atoms with Crippen molar-refractivity contribution in [2.45, 2.75) is 84.3 Å². The summed E-state index contributed by atoms with van der Waals surface area (Å²) < 4.78 is 5.95. The van der Waals surface area contributed by atoms with Gasteiger partial charge in [0, 0.05) is 0 Å². The minimum absolute atomic E-state index is 0.111. The number of aliphatic hydroxyl groups excluding tert-OH is 2. The Hall–Kier alpha value is -0.380. The van der Waals surface area contributed by atoms with Crippen molar-refractivity contribution in [2.75, 3.05) is 13.2 Å². The smallest absolute Gasteiger partial charge is 0.0701 e. The molecule has 26 heavy (non-hydrogen) atoms. The molecule has 3 heteroatoms. The normalized spacial score (nSPS) is 49.0. The van der Waals surface area contributed by atoms with Gasteiger partial charge in [0.15, 0.2) is 0 Å². The summed E-state index contributed by atoms with van der Waals surface area (Å²) in [6, 6.07) is 0. The Morgan fingerprint density at radius 3 is 2.73 bits per heavy atom. The van der Waals surface area contributed by atoms with Gasteiger partial charge < -0.3 is 14.9 Å². The van der Waals surface area contributed by atoms with Crippen molar-refractivity contribution in [1.82, 2.24) is 0 Å². The fourth-order valence-corrected chi connectivity index (χ4v) is 7.81. The minimum atomic E-state index is -0.111. The molecule has 3 nitrogen and oxygen atoms in total. The monoisotopic (exact) mass is 362 g/mol. The number of hydrogen-bond acceptors (Lipinski definition) is 3. The second kappa shape index (κ2) is 6.90. The molecule has 0 aliphatic heterocycles. The summed E-state index contributed by atoms with van der Waals surface area (Å²) in [5, 5.41) is 19.3. The van der Waals surface area contributed by atoms with Crippen molar-refractivity contribution in [3.05, 3.63) is 11.6 Å². The first kappa shape index (κ1) is 19.0. The van der Waals surface area contributed by atoms with E-state index in [4.69, 9.17) is 9.84 Å². The second-order valence-electron chi connectivity index (χ2n) is 10.2. The summed E-state index contributed by atoms with van der Waals surface area (Å²) in [6.45, 7) is 7.86. The standard InChI is InChI=1S/C23H38O3/c1-15(26-13-12-24)19-6-7-20-18-5-4-16-14-17(25)8-10-22(16,2)21(18)9-11-23(19,20)3/h4,15,17-21,24-25H,5-14H2,1-3H3/t15-,17+,18+,19-,20+,21+,22+,23-/m1/s1. The number of rotatable bonds is 4. The van der Waals surface area contributed by atoms with Crippen LogP contribution in [0, 0.1) is 34.5 Å². The molecule has 0 radical (unpaired) electrons. The van der Waals surface area contributed by atoms with Crippen LogP contribution in [0.1, 0.15) is 72.1 Å². The molecule has 0 amide bonds. The van der Waals surface area contributed by atoms with Crippen LogP contribution in [0.25, 0.3) is 0 Å². The summed E-state index contributed by atoms with van der Waals surface area (Å²) >= 11 is 0. The molecule has 0 heterocycles. The van der Waals surface area contributed by atoms with E-state index in [0.717, 1.165) is 30.6 Å². The molecule has 0 spiro atoms. The number of fused-ring (bicyclic) bond motifs is 5. The van der Waals surface area contributed by atoms with Crippen LogP contribution < -0.4 is 0 Å². The predicted molar refractivity (Wildman–Crippen MR) is 104 cm³/mol. The molecular weight excluding hydrogens is 324 g/mol. The van der Waals surface area contributed by atoms with E-state index in [1.54, 1.807) is 5.57 Å². The van der Waals surface area contributed by atoms with Crippen molar-refractivity contribution in [3.63, 3.8) is 0 Å². The SMILES string of the molecule is C[C@@H](OCCO)[C@H]1CC[C@H]2[C@@H]3CC=C4C[C@@H](O)CC[C@]4(C)[C@H]3CC[C@]12C. The van der Waals surface area contributed by atoms with Gasteiger partial charge in [-0.25, -0.2) is 0 Å². The lowest BCUT2D eigenvalue weighted by Crippen LogP contribution is -2.51. The third kappa shape index (κ3) is 2.81. The summed E-state index contributed by atoms with van der Waals surface area (Å²) in [6.07, 6.45) is 12.2. The van der Waals surface area contributed by atoms with Gasteiger partial charge in [0.05, 0.1) is 25.4 Å². The van der Waals surface area contributed by atoms with Gasteiger partial charge in [-0.3, -0.25) is 0 Å². The molecule has 0 bridgehead atoms. The molecule has 148 valence electrons. The Morgan fingerprint density at radius 2 is 1.96 bits per heavy atom. The molecule has 2 N–H and O–H groups in total. The molecule has 0 saturated heterocycles. The molecular formula is C23H38O3. The first-order chi connectivity index (χ1) is 12.4. The van der Waals surface area contributed by atoms with Crippen molar-refractivity contribution in [3.8, 4) is 0 Å². The largest absolute Gasteiger partial charge is 0.394 e. The summed E-state index contributed by atoms with van der Waals surface area (Å²) in [5.74, 6) is 3.06. The summed E-state index contributed by atoms with van der Waals surface area (Å²) in [7, 11) is 0. The zero-order valence-electron chi connectivity index (χ0n) is 16.9. The Labute approximate surface area is 159 Å². The number of hydrogen-bond donors (Lipinski definition) is 2. The maximum Gasteiger partial charge on any atom is 0.0701 e. The lowest BCUT2D eigenvalue weighted by Gasteiger charge is -2.58. The van der Waals surface area contributed by atoms with Gasteiger partial charge >= 0.3 is 0 Å². The van der Waals surface area contributed by atoms with Crippen molar-refractivity contribution >= 4 is 0 Å². The van der Waals surface area contributed by atoms with E-state index in [1.807, 2.05) is 0 Å². The molecule has 4 aliphatic rings. The minimum Gasteiger partial charge on any atom is -0.394 e. The molecule has 3 fully saturated rings. The Morgan fingerprint density at radius 1 is 1.15 bits per heavy atom. The van der Waals surface area contributed by atoms with Gasteiger partial charge in [0.25, 0.3) is 0 Å². The number of allylic oxidation sites excluding steroid dienone is 1. The van der Waals surface area contributed by atoms with Crippen LogP contribution in [0.4, 0.5) is 0 Å². The van der Waals surface area contributed by atoms with Gasteiger partial charge in [0.2, 0.25) is 0 Å². The fraction of sp³-hybridized carbons (Fsp3) is 0.913. The first-order valence-corrected chi connectivity index (χ1v) is 11.0. The van der Waals surface area contributed by atoms with E-state index < -0.39 is 0 Å². The molecule has 3 saturated carbocycles. The Balaban J connectivity index is 1.56. The average molecular weight is 363 g/mol. The van der Waals surface area contributed by atoms with Crippen LogP contribution in [0.3, 0.4) is 0 Å². The van der Waals surface area contributed by atoms with E-state index in [1.165, 1.54) is 38.5 Å². The van der Waals surface area contributed by atoms with E-state index in [-0.39, 0.29) is 18.8 Å². The van der Waals surface area contributed by atoms with E-state index >= 15 is 0 Å². The van der Waals surface area contributed by atoms with Gasteiger partial charge in [-0.05, 0) is 92.8 Å². The molecule has 4 rings (SSSR count). The highest BCUT2D eigenvalue weighted by Gasteiger charge is 2.59. The van der Waals surface area contributed by atoms with Gasteiger partial charge in [-0.1, -0.05) is 25.5 Å². The van der Waals surface area contributed by atoms with Crippen molar-refractivity contribution in [2.24, 2.45) is 34.5 Å². The maximum absolute atomic E-state index is 10.1. The Kier molecular flexibility index (Phi) is 5.03. The fourth-order valence-electron chi connectivity index (χ4n) is 7.81. The highest BCUT2D eigenvalue weighted by molar-refractivity contribution is 5.25. The van der Waals surface area contributed by atoms with Gasteiger partial charge in [-0.2, -0.15) is 0 Å². The third-order valence-electron chi connectivity index (χ3n) is 9.19. The zero-order valence-corrected chi connectivity index (χ0v) is 16.9. The number of aliphatic hydroxyl groups is 2. The molecule has 4 aliphatic carbocycles. The molecule has 0 aromatic heterocycles. The van der Waals surface area contributed by atoms with Gasteiger partial charge in [-0.15, -0.1) is 0 Å². The second-order valence-corrected chi connectivity index (χ2v) is 10.2. The summed E-state index contributed by atoms with van der Waals surface area (Å²) in [5.41, 5.74) is 2.29. The van der Waals surface area contributed by atoms with E-state index in [0.29, 0.717) is 23.4 Å². The lowest BCUT2D eigenvalue weighted by atomic mass is 9.47. The van der Waals surface area contributed by atoms with E-state index in [9.17, 15) is 5.11 Å². The maximum atomic E-state index is 10.1. The van der Waals surface area contributed by atoms with Crippen LogP contribution >= 0.6 is 0 Å². The van der Waals surface area contributed by atoms with Crippen molar-refractivity contribution < 1.29 is 14.9 Å². The highest BCUT2D eigenvalue weighted by Crippen LogP contribution is 2.66. The number of ether oxygens (including phenoxy) is 1. The Bertz CT molecular complexity index is 558. The average Bonchev–Trinajstić information content (AvgIpc) is 2.97. The molecule has 8 atom stereocenters. The van der Waals surface area contributed by atoms with Crippen LogP contribution in [0.2, 0.25) is 0 Å². The molecule has 0 unspecified atom stereocenters. The van der Waals surface area contributed by atoms with Crippen LogP contribution in [0.15, 0.2) is 11.6 Å². The predicted octanol–water partition coefficient (Wildman–Crippen LogP) is 4.32. The summed E-state index contributed by atoms with van der Waals surface area (Å²) in [4.78, 5) is 0. The van der Waals surface area contributed by atoms with Crippen LogP contribution in [-0.2, 0) is 4.74 Å². The third-order valence-corrected chi connectivity index (χ3v) is 9.19. The van der Waals surface area contributed by atoms with Gasteiger partial charge in [0.1, 0.15) is 0 Å². The molecule has 0 aromatic carbocycles. The van der Waals surface area contributed by atoms with Crippen molar-refractivity contribution in [1.29, 1.82) is 0 Å². The zero-order chi connectivity index (χ0) is 18.5. The lowest BCUT2D eigenvalue weighted by molar-refractivity contribution is -0.0840. The molecule has 0 aromatic rings.